The van der Waals surface area contributed by atoms with Crippen molar-refractivity contribution in [3.05, 3.63) is 18.3 Å². The Morgan fingerprint density at radius 2 is 2.13 bits per heavy atom. The summed E-state index contributed by atoms with van der Waals surface area (Å²) < 4.78 is 23.6. The summed E-state index contributed by atoms with van der Waals surface area (Å²) in [6, 6.07) is 3.17. The highest BCUT2D eigenvalue weighted by Crippen LogP contribution is 2.17. The Hall–Kier alpha value is -1.10. The number of nitrogens with zero attached hydrogens (tertiary/aromatic N) is 1. The van der Waals surface area contributed by atoms with Crippen molar-refractivity contribution in [2.24, 2.45) is 5.92 Å². The molecule has 1 aromatic heterocycles. The van der Waals surface area contributed by atoms with Crippen molar-refractivity contribution in [3.63, 3.8) is 0 Å². The Kier molecular flexibility index (Phi) is 3.68. The molecule has 0 atom stereocenters. The number of hydrogen-bond acceptors (Lipinski definition) is 4. The average Bonchev–Trinajstić information content (AvgIpc) is 2.15. The zero-order valence-electron chi connectivity index (χ0n) is 8.97. The van der Waals surface area contributed by atoms with Crippen molar-refractivity contribution in [2.45, 2.75) is 25.3 Å². The maximum Gasteiger partial charge on any atom is 0.197 e. The zero-order valence-corrected chi connectivity index (χ0v) is 9.79. The number of nitrogen functional groups attached to an aromatic ring is 1. The van der Waals surface area contributed by atoms with Gasteiger partial charge in [0.05, 0.1) is 11.4 Å². The van der Waals surface area contributed by atoms with Crippen molar-refractivity contribution in [1.82, 2.24) is 4.98 Å². The van der Waals surface area contributed by atoms with E-state index in [0.29, 0.717) is 12.3 Å². The number of sulfone groups is 1. The first-order valence-corrected chi connectivity index (χ1v) is 6.52. The molecule has 0 radical (unpaired) electrons. The van der Waals surface area contributed by atoms with E-state index in [1.807, 2.05) is 13.8 Å². The molecule has 1 aromatic rings. The second-order valence-corrected chi connectivity index (χ2v) is 5.92. The van der Waals surface area contributed by atoms with E-state index in [1.54, 1.807) is 12.1 Å². The minimum absolute atomic E-state index is 0.00523. The Balaban J connectivity index is 2.92. The molecule has 0 saturated carbocycles. The Bertz CT molecular complexity index is 427. The predicted molar refractivity (Wildman–Crippen MR) is 60.2 cm³/mol. The fourth-order valence-electron chi connectivity index (χ4n) is 1.15. The van der Waals surface area contributed by atoms with Gasteiger partial charge in [0.15, 0.2) is 14.9 Å². The molecular weight excluding hydrogens is 212 g/mol. The van der Waals surface area contributed by atoms with Crippen LogP contribution in [0.1, 0.15) is 20.3 Å². The minimum Gasteiger partial charge on any atom is -0.396 e. The molecule has 0 unspecified atom stereocenters. The Morgan fingerprint density at radius 1 is 1.47 bits per heavy atom. The third-order valence-corrected chi connectivity index (χ3v) is 3.76. The largest absolute Gasteiger partial charge is 0.396 e. The lowest BCUT2D eigenvalue weighted by Crippen LogP contribution is -2.12. The number of hydrogen-bond donors (Lipinski definition) is 1. The van der Waals surface area contributed by atoms with Crippen LogP contribution in [-0.4, -0.2) is 19.2 Å². The second-order valence-electron chi connectivity index (χ2n) is 3.90. The lowest BCUT2D eigenvalue weighted by molar-refractivity contribution is 0.571. The number of pyridine rings is 1. The van der Waals surface area contributed by atoms with Gasteiger partial charge in [-0.25, -0.2) is 13.4 Å². The first kappa shape index (κ1) is 12.0. The summed E-state index contributed by atoms with van der Waals surface area (Å²) in [7, 11) is -3.32. The van der Waals surface area contributed by atoms with Gasteiger partial charge in [0, 0.05) is 6.20 Å². The molecular formula is C10H16N2O2S. The van der Waals surface area contributed by atoms with Crippen molar-refractivity contribution >= 4 is 15.5 Å². The SMILES string of the molecule is CC(C)CCS(=O)(=O)c1ncccc1N. The van der Waals surface area contributed by atoms with Gasteiger partial charge in [-0.3, -0.25) is 0 Å². The van der Waals surface area contributed by atoms with Crippen LogP contribution in [0.4, 0.5) is 5.69 Å². The van der Waals surface area contributed by atoms with Crippen LogP contribution in [0.15, 0.2) is 23.4 Å². The van der Waals surface area contributed by atoms with Crippen LogP contribution in [0.5, 0.6) is 0 Å². The number of rotatable bonds is 4. The van der Waals surface area contributed by atoms with Gasteiger partial charge in [0.1, 0.15) is 0 Å². The smallest absolute Gasteiger partial charge is 0.197 e. The average molecular weight is 228 g/mol. The fraction of sp³-hybridized carbons (Fsp3) is 0.500. The van der Waals surface area contributed by atoms with Gasteiger partial charge < -0.3 is 5.73 Å². The molecule has 15 heavy (non-hydrogen) atoms. The summed E-state index contributed by atoms with van der Waals surface area (Å²) in [6.45, 7) is 3.97. The van der Waals surface area contributed by atoms with Crippen LogP contribution in [-0.2, 0) is 9.84 Å². The molecule has 0 aliphatic heterocycles. The van der Waals surface area contributed by atoms with Crippen LogP contribution < -0.4 is 5.73 Å². The monoisotopic (exact) mass is 228 g/mol. The topological polar surface area (TPSA) is 73.0 Å². The maximum atomic E-state index is 11.8. The van der Waals surface area contributed by atoms with Gasteiger partial charge in [-0.2, -0.15) is 0 Å². The quantitative estimate of drug-likeness (QED) is 0.847. The van der Waals surface area contributed by atoms with Gasteiger partial charge in [-0.15, -0.1) is 0 Å². The molecule has 0 aliphatic rings. The van der Waals surface area contributed by atoms with E-state index in [2.05, 4.69) is 4.98 Å². The zero-order chi connectivity index (χ0) is 11.5. The van der Waals surface area contributed by atoms with Crippen LogP contribution in [0.2, 0.25) is 0 Å². The Morgan fingerprint density at radius 3 is 2.67 bits per heavy atom. The van der Waals surface area contributed by atoms with Gasteiger partial charge in [0.2, 0.25) is 0 Å². The minimum atomic E-state index is -3.32. The van der Waals surface area contributed by atoms with E-state index in [-0.39, 0.29) is 16.5 Å². The van der Waals surface area contributed by atoms with E-state index in [4.69, 9.17) is 5.73 Å². The van der Waals surface area contributed by atoms with Crippen LogP contribution >= 0.6 is 0 Å². The number of anilines is 1. The molecule has 5 heteroatoms. The molecule has 0 aliphatic carbocycles. The summed E-state index contributed by atoms with van der Waals surface area (Å²) >= 11 is 0. The first-order valence-electron chi connectivity index (χ1n) is 4.86. The third-order valence-electron chi connectivity index (χ3n) is 2.06. The van der Waals surface area contributed by atoms with Gasteiger partial charge >= 0.3 is 0 Å². The summed E-state index contributed by atoms with van der Waals surface area (Å²) in [5, 5.41) is 0.00523. The molecule has 0 spiro atoms. The summed E-state index contributed by atoms with van der Waals surface area (Å²) in [5.41, 5.74) is 5.79. The summed E-state index contributed by atoms with van der Waals surface area (Å²) in [4.78, 5) is 3.81. The number of nitrogens with two attached hydrogens (primary N) is 1. The normalized spacial score (nSPS) is 11.9. The summed E-state index contributed by atoms with van der Waals surface area (Å²) in [6.07, 6.45) is 2.07. The second kappa shape index (κ2) is 4.61. The highest BCUT2D eigenvalue weighted by molar-refractivity contribution is 7.91. The summed E-state index contributed by atoms with van der Waals surface area (Å²) in [5.74, 6) is 0.455. The van der Waals surface area contributed by atoms with Crippen LogP contribution in [0, 0.1) is 5.92 Å². The van der Waals surface area contributed by atoms with Crippen molar-refractivity contribution in [3.8, 4) is 0 Å². The standard InChI is InChI=1S/C10H16N2O2S/c1-8(2)5-7-15(13,14)10-9(11)4-3-6-12-10/h3-4,6,8H,5,7,11H2,1-2H3. The van der Waals surface area contributed by atoms with Crippen molar-refractivity contribution in [1.29, 1.82) is 0 Å². The van der Waals surface area contributed by atoms with Crippen LogP contribution in [0.25, 0.3) is 0 Å². The lowest BCUT2D eigenvalue weighted by Gasteiger charge is -2.07. The number of aromatic nitrogens is 1. The van der Waals surface area contributed by atoms with Crippen LogP contribution in [0.3, 0.4) is 0 Å². The predicted octanol–water partition coefficient (Wildman–Crippen LogP) is 1.48. The molecule has 0 bridgehead atoms. The molecule has 0 saturated heterocycles. The molecule has 0 fully saturated rings. The van der Waals surface area contributed by atoms with E-state index in [0.717, 1.165) is 0 Å². The van der Waals surface area contributed by atoms with Crippen molar-refractivity contribution < 1.29 is 8.42 Å². The van der Waals surface area contributed by atoms with Gasteiger partial charge in [-0.1, -0.05) is 13.8 Å². The molecule has 84 valence electrons. The first-order chi connectivity index (χ1) is 6.93. The highest BCUT2D eigenvalue weighted by Gasteiger charge is 2.18. The third kappa shape index (κ3) is 3.20. The van der Waals surface area contributed by atoms with E-state index in [9.17, 15) is 8.42 Å². The van der Waals surface area contributed by atoms with E-state index in [1.165, 1.54) is 6.20 Å². The highest BCUT2D eigenvalue weighted by atomic mass is 32.2. The maximum absolute atomic E-state index is 11.8. The molecule has 0 amide bonds. The molecule has 0 aromatic carbocycles. The van der Waals surface area contributed by atoms with Crippen molar-refractivity contribution in [2.75, 3.05) is 11.5 Å². The van der Waals surface area contributed by atoms with Gasteiger partial charge in [-0.05, 0) is 24.5 Å². The lowest BCUT2D eigenvalue weighted by atomic mass is 10.2. The Labute approximate surface area is 90.4 Å². The fourth-order valence-corrected chi connectivity index (χ4v) is 2.77. The van der Waals surface area contributed by atoms with E-state index < -0.39 is 9.84 Å². The molecule has 4 nitrogen and oxygen atoms in total. The molecule has 2 N–H and O–H groups in total. The van der Waals surface area contributed by atoms with Gasteiger partial charge in [0.25, 0.3) is 0 Å². The molecule has 1 rings (SSSR count). The van der Waals surface area contributed by atoms with E-state index >= 15 is 0 Å². The molecule has 1 heterocycles.